The third-order valence-corrected chi connectivity index (χ3v) is 2.77. The molecule has 1 fully saturated rings. The Morgan fingerprint density at radius 1 is 1.53 bits per heavy atom. The van der Waals surface area contributed by atoms with Crippen LogP contribution in [0.4, 0.5) is 5.69 Å². The van der Waals surface area contributed by atoms with Gasteiger partial charge in [-0.3, -0.25) is 9.78 Å². The molecule has 0 bridgehead atoms. The number of nitrogens with zero attached hydrogens (tertiary/aromatic N) is 2. The highest BCUT2D eigenvalue weighted by atomic mass is 35.5. The van der Waals surface area contributed by atoms with Crippen molar-refractivity contribution in [3.8, 4) is 0 Å². The minimum absolute atomic E-state index is 0. The van der Waals surface area contributed by atoms with Gasteiger partial charge in [0.2, 0.25) is 5.91 Å². The third kappa shape index (κ3) is 3.84. The highest BCUT2D eigenvalue weighted by molar-refractivity contribution is 5.94. The molecule has 1 aliphatic rings. The average molecular weight is 278 g/mol. The Hall–Kier alpha value is -0.840. The number of pyridine rings is 1. The average Bonchev–Trinajstić information content (AvgIpc) is 2.82. The number of rotatable bonds is 2. The van der Waals surface area contributed by atoms with Crippen LogP contribution in [0.3, 0.4) is 0 Å². The third-order valence-electron chi connectivity index (χ3n) is 2.77. The molecule has 1 atom stereocenters. The van der Waals surface area contributed by atoms with Crippen molar-refractivity contribution in [2.24, 2.45) is 5.92 Å². The second-order valence-corrected chi connectivity index (χ2v) is 3.80. The predicted octanol–water partition coefficient (Wildman–Crippen LogP) is 1.50. The lowest BCUT2D eigenvalue weighted by atomic mass is 10.1. The Morgan fingerprint density at radius 3 is 2.82 bits per heavy atom. The first-order chi connectivity index (χ1) is 7.29. The minimum Gasteiger partial charge on any atom is -0.316 e. The summed E-state index contributed by atoms with van der Waals surface area (Å²) in [6.45, 7) is 1.74. The Balaban J connectivity index is 0.00000128. The summed E-state index contributed by atoms with van der Waals surface area (Å²) < 4.78 is 0. The van der Waals surface area contributed by atoms with Crippen LogP contribution in [0, 0.1) is 5.92 Å². The molecule has 0 aliphatic carbocycles. The molecule has 2 rings (SSSR count). The molecule has 1 unspecified atom stereocenters. The molecular formula is C11H17Cl2N3O. The van der Waals surface area contributed by atoms with E-state index in [2.05, 4.69) is 10.3 Å². The zero-order valence-corrected chi connectivity index (χ0v) is 11.3. The van der Waals surface area contributed by atoms with Gasteiger partial charge < -0.3 is 10.2 Å². The molecular weight excluding hydrogens is 261 g/mol. The molecule has 1 aromatic heterocycles. The highest BCUT2D eigenvalue weighted by Gasteiger charge is 2.25. The molecule has 6 heteroatoms. The van der Waals surface area contributed by atoms with E-state index in [9.17, 15) is 4.79 Å². The van der Waals surface area contributed by atoms with Crippen LogP contribution in [0.25, 0.3) is 0 Å². The molecule has 0 saturated carbocycles. The quantitative estimate of drug-likeness (QED) is 0.891. The van der Waals surface area contributed by atoms with Gasteiger partial charge in [-0.05, 0) is 25.1 Å². The fourth-order valence-electron chi connectivity index (χ4n) is 1.82. The topological polar surface area (TPSA) is 45.2 Å². The van der Waals surface area contributed by atoms with Gasteiger partial charge in [0, 0.05) is 19.8 Å². The van der Waals surface area contributed by atoms with Crippen molar-refractivity contribution in [3.63, 3.8) is 0 Å². The van der Waals surface area contributed by atoms with Gasteiger partial charge in [-0.15, -0.1) is 24.8 Å². The Labute approximate surface area is 114 Å². The van der Waals surface area contributed by atoms with Crippen LogP contribution in [-0.2, 0) is 4.79 Å². The van der Waals surface area contributed by atoms with Crippen molar-refractivity contribution >= 4 is 36.4 Å². The molecule has 2 heterocycles. The number of halogens is 2. The molecule has 1 aliphatic heterocycles. The summed E-state index contributed by atoms with van der Waals surface area (Å²) in [5.74, 6) is 0.295. The number of anilines is 1. The Morgan fingerprint density at radius 2 is 2.29 bits per heavy atom. The van der Waals surface area contributed by atoms with Crippen LogP contribution in [0.1, 0.15) is 6.42 Å². The van der Waals surface area contributed by atoms with E-state index in [-0.39, 0.29) is 36.6 Å². The fraction of sp³-hybridized carbons (Fsp3) is 0.455. The zero-order chi connectivity index (χ0) is 10.7. The molecule has 1 saturated heterocycles. The molecule has 1 aromatic rings. The fourth-order valence-corrected chi connectivity index (χ4v) is 1.82. The monoisotopic (exact) mass is 277 g/mol. The Bertz CT molecular complexity index is 342. The molecule has 96 valence electrons. The number of carbonyl (C=O) groups is 1. The first-order valence-corrected chi connectivity index (χ1v) is 5.17. The molecule has 17 heavy (non-hydrogen) atoms. The lowest BCUT2D eigenvalue weighted by Gasteiger charge is -2.20. The van der Waals surface area contributed by atoms with Gasteiger partial charge >= 0.3 is 0 Å². The first kappa shape index (κ1) is 16.2. The van der Waals surface area contributed by atoms with Crippen molar-refractivity contribution in [1.29, 1.82) is 0 Å². The number of hydrogen-bond acceptors (Lipinski definition) is 3. The number of amides is 1. The van der Waals surface area contributed by atoms with Crippen molar-refractivity contribution in [3.05, 3.63) is 24.5 Å². The summed E-state index contributed by atoms with van der Waals surface area (Å²) in [4.78, 5) is 17.7. The minimum atomic E-state index is 0. The first-order valence-electron chi connectivity index (χ1n) is 5.17. The molecule has 0 radical (unpaired) electrons. The van der Waals surface area contributed by atoms with E-state index in [1.165, 1.54) is 0 Å². The van der Waals surface area contributed by atoms with E-state index in [1.54, 1.807) is 24.3 Å². The van der Waals surface area contributed by atoms with Crippen LogP contribution in [0.2, 0.25) is 0 Å². The molecule has 0 spiro atoms. The number of aromatic nitrogens is 1. The standard InChI is InChI=1S/C11H15N3O.2ClH/c1-14(10-3-2-5-12-8-10)11(15)9-4-6-13-7-9;;/h2-3,5,8-9,13H,4,6-7H2,1H3;2*1H. The summed E-state index contributed by atoms with van der Waals surface area (Å²) >= 11 is 0. The van der Waals surface area contributed by atoms with E-state index in [1.807, 2.05) is 12.1 Å². The van der Waals surface area contributed by atoms with Gasteiger partial charge in [0.25, 0.3) is 0 Å². The van der Waals surface area contributed by atoms with E-state index in [4.69, 9.17) is 0 Å². The summed E-state index contributed by atoms with van der Waals surface area (Å²) in [6, 6.07) is 3.74. The summed E-state index contributed by atoms with van der Waals surface area (Å²) in [5.41, 5.74) is 0.856. The van der Waals surface area contributed by atoms with Gasteiger partial charge in [0.05, 0.1) is 17.8 Å². The van der Waals surface area contributed by atoms with Gasteiger partial charge in [-0.2, -0.15) is 0 Å². The maximum absolute atomic E-state index is 12.0. The highest BCUT2D eigenvalue weighted by Crippen LogP contribution is 2.16. The second kappa shape index (κ2) is 7.48. The molecule has 4 nitrogen and oxygen atoms in total. The largest absolute Gasteiger partial charge is 0.316 e. The number of nitrogens with one attached hydrogen (secondary N) is 1. The normalized spacial score (nSPS) is 17.8. The van der Waals surface area contributed by atoms with Crippen molar-refractivity contribution in [1.82, 2.24) is 10.3 Å². The van der Waals surface area contributed by atoms with E-state index in [0.29, 0.717) is 0 Å². The smallest absolute Gasteiger partial charge is 0.231 e. The van der Waals surface area contributed by atoms with Crippen LogP contribution in [0.15, 0.2) is 24.5 Å². The Kier molecular flexibility index (Phi) is 7.11. The summed E-state index contributed by atoms with van der Waals surface area (Å²) in [7, 11) is 1.80. The van der Waals surface area contributed by atoms with Crippen LogP contribution in [-0.4, -0.2) is 31.0 Å². The SMILES string of the molecule is CN(C(=O)C1CCNC1)c1cccnc1.Cl.Cl. The van der Waals surface area contributed by atoms with Crippen LogP contribution < -0.4 is 10.2 Å². The van der Waals surface area contributed by atoms with Crippen LogP contribution >= 0.6 is 24.8 Å². The molecule has 1 N–H and O–H groups in total. The van der Waals surface area contributed by atoms with Crippen molar-refractivity contribution in [2.75, 3.05) is 25.0 Å². The van der Waals surface area contributed by atoms with E-state index in [0.717, 1.165) is 25.2 Å². The molecule has 0 aromatic carbocycles. The molecule has 1 amide bonds. The second-order valence-electron chi connectivity index (χ2n) is 3.80. The lowest BCUT2D eigenvalue weighted by molar-refractivity contribution is -0.121. The summed E-state index contributed by atoms with van der Waals surface area (Å²) in [6.07, 6.45) is 4.35. The predicted molar refractivity (Wildman–Crippen MR) is 73.1 cm³/mol. The van der Waals surface area contributed by atoms with Gasteiger partial charge in [-0.1, -0.05) is 0 Å². The number of carbonyl (C=O) groups excluding carboxylic acids is 1. The van der Waals surface area contributed by atoms with Crippen LogP contribution in [0.5, 0.6) is 0 Å². The lowest BCUT2D eigenvalue weighted by Crippen LogP contribution is -2.33. The van der Waals surface area contributed by atoms with Crippen molar-refractivity contribution < 1.29 is 4.79 Å². The maximum atomic E-state index is 12.0. The van der Waals surface area contributed by atoms with Crippen molar-refractivity contribution in [2.45, 2.75) is 6.42 Å². The van der Waals surface area contributed by atoms with E-state index < -0.39 is 0 Å². The maximum Gasteiger partial charge on any atom is 0.231 e. The van der Waals surface area contributed by atoms with E-state index >= 15 is 0 Å². The van der Waals surface area contributed by atoms with Gasteiger partial charge in [0.1, 0.15) is 0 Å². The van der Waals surface area contributed by atoms with Gasteiger partial charge in [-0.25, -0.2) is 0 Å². The van der Waals surface area contributed by atoms with Gasteiger partial charge in [0.15, 0.2) is 0 Å². The zero-order valence-electron chi connectivity index (χ0n) is 9.63. The summed E-state index contributed by atoms with van der Waals surface area (Å²) in [5, 5.41) is 3.20. The number of hydrogen-bond donors (Lipinski definition) is 1.